The van der Waals surface area contributed by atoms with Crippen molar-refractivity contribution in [1.29, 1.82) is 0 Å². The lowest BCUT2D eigenvalue weighted by Gasteiger charge is -2.17. The number of benzene rings is 3. The monoisotopic (exact) mass is 422 g/mol. The topological polar surface area (TPSA) is 55.8 Å². The lowest BCUT2D eigenvalue weighted by atomic mass is 9.92. The molecule has 162 valence electrons. The van der Waals surface area contributed by atoms with Crippen molar-refractivity contribution in [2.45, 2.75) is 33.6 Å². The molecule has 0 radical (unpaired) electrons. The maximum Gasteiger partial charge on any atom is 0.341 e. The average Bonchev–Trinajstić information content (AvgIpc) is 2.72. The van der Waals surface area contributed by atoms with Crippen LogP contribution in [0.4, 0.5) is 4.39 Å². The van der Waals surface area contributed by atoms with Crippen molar-refractivity contribution in [2.75, 3.05) is 13.7 Å². The molecule has 0 aromatic heterocycles. The summed E-state index contributed by atoms with van der Waals surface area (Å²) < 4.78 is 24.8. The predicted octanol–water partition coefficient (Wildman–Crippen LogP) is 5.68. The van der Waals surface area contributed by atoms with Gasteiger partial charge in [0.25, 0.3) is 0 Å². The third-order valence-electron chi connectivity index (χ3n) is 5.49. The zero-order valence-corrected chi connectivity index (χ0v) is 18.3. The van der Waals surface area contributed by atoms with Gasteiger partial charge in [-0.05, 0) is 103 Å². The molecule has 1 N–H and O–H groups in total. The molecule has 31 heavy (non-hydrogen) atoms. The molecule has 0 saturated carbocycles. The Morgan fingerprint density at radius 1 is 0.968 bits per heavy atom. The Balaban J connectivity index is 1.92. The van der Waals surface area contributed by atoms with Crippen LogP contribution in [0.1, 0.15) is 27.8 Å². The molecule has 0 fully saturated rings. The van der Waals surface area contributed by atoms with E-state index in [0.29, 0.717) is 5.75 Å². The summed E-state index contributed by atoms with van der Waals surface area (Å²) in [4.78, 5) is 10.9. The van der Waals surface area contributed by atoms with Gasteiger partial charge >= 0.3 is 5.97 Å². The van der Waals surface area contributed by atoms with Crippen LogP contribution in [-0.2, 0) is 17.6 Å². The van der Waals surface area contributed by atoms with Crippen LogP contribution in [0.15, 0.2) is 48.5 Å². The fourth-order valence-electron chi connectivity index (χ4n) is 3.97. The van der Waals surface area contributed by atoms with E-state index >= 15 is 0 Å². The summed E-state index contributed by atoms with van der Waals surface area (Å²) in [6, 6.07) is 14.4. The van der Waals surface area contributed by atoms with Gasteiger partial charge in [0.05, 0.1) is 7.11 Å². The van der Waals surface area contributed by atoms with Crippen molar-refractivity contribution in [2.24, 2.45) is 0 Å². The second-order valence-corrected chi connectivity index (χ2v) is 7.66. The zero-order chi connectivity index (χ0) is 22.5. The van der Waals surface area contributed by atoms with Gasteiger partial charge in [-0.25, -0.2) is 9.18 Å². The van der Waals surface area contributed by atoms with Crippen molar-refractivity contribution in [3.63, 3.8) is 0 Å². The third kappa shape index (κ3) is 5.23. The summed E-state index contributed by atoms with van der Waals surface area (Å²) in [6.07, 6.45) is 1.46. The van der Waals surface area contributed by atoms with Crippen LogP contribution in [0.25, 0.3) is 11.1 Å². The molecule has 5 heteroatoms. The van der Waals surface area contributed by atoms with Gasteiger partial charge in [0.1, 0.15) is 17.3 Å². The number of hydrogen-bond donors (Lipinski definition) is 1. The number of carbonyl (C=O) groups is 1. The van der Waals surface area contributed by atoms with Gasteiger partial charge in [0, 0.05) is 0 Å². The van der Waals surface area contributed by atoms with E-state index < -0.39 is 5.97 Å². The highest BCUT2D eigenvalue weighted by Gasteiger charge is 2.14. The summed E-state index contributed by atoms with van der Waals surface area (Å²) in [6.45, 7) is 5.61. The molecule has 0 aliphatic rings. The van der Waals surface area contributed by atoms with Crippen LogP contribution in [0.3, 0.4) is 0 Å². The van der Waals surface area contributed by atoms with Crippen molar-refractivity contribution < 1.29 is 23.8 Å². The van der Waals surface area contributed by atoms with E-state index in [0.717, 1.165) is 57.5 Å². The minimum Gasteiger partial charge on any atom is -0.496 e. The first-order valence-corrected chi connectivity index (χ1v) is 10.2. The highest BCUT2D eigenvalue weighted by atomic mass is 19.1. The summed E-state index contributed by atoms with van der Waals surface area (Å²) in [5.74, 6) is 0.140. The van der Waals surface area contributed by atoms with Gasteiger partial charge < -0.3 is 14.6 Å². The fraction of sp³-hybridized carbons (Fsp3) is 0.269. The summed E-state index contributed by atoms with van der Waals surface area (Å²) in [5, 5.41) is 8.90. The van der Waals surface area contributed by atoms with Gasteiger partial charge in [-0.3, -0.25) is 0 Å². The lowest BCUT2D eigenvalue weighted by Crippen LogP contribution is -2.11. The molecule has 0 spiro atoms. The molecule has 0 heterocycles. The van der Waals surface area contributed by atoms with Gasteiger partial charge in [-0.1, -0.05) is 18.2 Å². The van der Waals surface area contributed by atoms with E-state index in [-0.39, 0.29) is 12.4 Å². The molecule has 0 saturated heterocycles. The normalized spacial score (nSPS) is 10.7. The van der Waals surface area contributed by atoms with Crippen LogP contribution in [-0.4, -0.2) is 24.8 Å². The Hall–Kier alpha value is -3.34. The summed E-state index contributed by atoms with van der Waals surface area (Å²) >= 11 is 0. The maximum absolute atomic E-state index is 13.7. The number of rotatable bonds is 8. The first-order chi connectivity index (χ1) is 14.8. The highest BCUT2D eigenvalue weighted by Crippen LogP contribution is 2.33. The highest BCUT2D eigenvalue weighted by molar-refractivity contribution is 5.69. The molecule has 0 unspecified atom stereocenters. The van der Waals surface area contributed by atoms with Crippen LogP contribution in [0.2, 0.25) is 0 Å². The minimum atomic E-state index is -1.00. The molecule has 0 amide bonds. The van der Waals surface area contributed by atoms with Crippen LogP contribution < -0.4 is 9.47 Å². The molecule has 0 atom stereocenters. The zero-order valence-electron chi connectivity index (χ0n) is 18.3. The predicted molar refractivity (Wildman–Crippen MR) is 120 cm³/mol. The standard InChI is InChI=1S/C26H27FO4/c1-16-8-11-24(31-15-25(28)29)18(3)23(16)10-9-20-13-21(12-17(2)26(20)30-4)19-6-5-7-22(27)14-19/h5-8,11-14H,9-10,15H2,1-4H3,(H,28,29). The minimum absolute atomic E-state index is 0.267. The second-order valence-electron chi connectivity index (χ2n) is 7.66. The number of aliphatic carboxylic acids is 1. The third-order valence-corrected chi connectivity index (χ3v) is 5.49. The Labute approximate surface area is 182 Å². The number of methoxy groups -OCH3 is 1. The Morgan fingerprint density at radius 3 is 2.42 bits per heavy atom. The average molecular weight is 422 g/mol. The Morgan fingerprint density at radius 2 is 1.74 bits per heavy atom. The van der Waals surface area contributed by atoms with Crippen molar-refractivity contribution >= 4 is 5.97 Å². The van der Waals surface area contributed by atoms with Gasteiger partial charge in [-0.15, -0.1) is 0 Å². The Kier molecular flexibility index (Phi) is 6.95. The van der Waals surface area contributed by atoms with Gasteiger partial charge in [0.2, 0.25) is 0 Å². The second kappa shape index (κ2) is 9.65. The molecule has 0 bridgehead atoms. The fourth-order valence-corrected chi connectivity index (χ4v) is 3.97. The summed E-state index contributed by atoms with van der Waals surface area (Å²) in [5.41, 5.74) is 6.99. The smallest absolute Gasteiger partial charge is 0.341 e. The van der Waals surface area contributed by atoms with Crippen LogP contribution in [0.5, 0.6) is 11.5 Å². The van der Waals surface area contributed by atoms with E-state index in [9.17, 15) is 9.18 Å². The largest absolute Gasteiger partial charge is 0.496 e. The number of aryl methyl sites for hydroxylation is 3. The van der Waals surface area contributed by atoms with Crippen molar-refractivity contribution in [1.82, 2.24) is 0 Å². The van der Waals surface area contributed by atoms with E-state index in [1.54, 1.807) is 13.2 Å². The quantitative estimate of drug-likeness (QED) is 0.508. The summed E-state index contributed by atoms with van der Waals surface area (Å²) in [7, 11) is 1.66. The number of hydrogen-bond acceptors (Lipinski definition) is 3. The number of halogens is 1. The SMILES string of the molecule is COc1c(C)cc(-c2cccc(F)c2)cc1CCc1c(C)ccc(OCC(=O)O)c1C. The van der Waals surface area contributed by atoms with Gasteiger partial charge in [-0.2, -0.15) is 0 Å². The van der Waals surface area contributed by atoms with E-state index in [1.165, 1.54) is 12.1 Å². The van der Waals surface area contributed by atoms with Crippen molar-refractivity contribution in [3.05, 3.63) is 82.2 Å². The first-order valence-electron chi connectivity index (χ1n) is 10.2. The molecule has 0 aliphatic heterocycles. The lowest BCUT2D eigenvalue weighted by molar-refractivity contribution is -0.139. The van der Waals surface area contributed by atoms with Crippen LogP contribution in [0, 0.1) is 26.6 Å². The number of carboxylic acid groups (broad SMARTS) is 1. The van der Waals surface area contributed by atoms with Crippen LogP contribution >= 0.6 is 0 Å². The molecule has 0 aliphatic carbocycles. The number of ether oxygens (including phenoxy) is 2. The number of carboxylic acids is 1. The van der Waals surface area contributed by atoms with E-state index in [4.69, 9.17) is 14.6 Å². The Bertz CT molecular complexity index is 1100. The molecule has 4 nitrogen and oxygen atoms in total. The van der Waals surface area contributed by atoms with E-state index in [1.807, 2.05) is 45.0 Å². The van der Waals surface area contributed by atoms with Gasteiger partial charge in [0.15, 0.2) is 6.61 Å². The molecular formula is C26H27FO4. The molecular weight excluding hydrogens is 395 g/mol. The van der Waals surface area contributed by atoms with E-state index in [2.05, 4.69) is 6.07 Å². The first kappa shape index (κ1) is 22.3. The van der Waals surface area contributed by atoms with Crippen molar-refractivity contribution in [3.8, 4) is 22.6 Å². The molecule has 3 aromatic rings. The maximum atomic E-state index is 13.7. The molecule has 3 rings (SSSR count). The molecule has 3 aromatic carbocycles.